The van der Waals surface area contributed by atoms with E-state index in [1.54, 1.807) is 0 Å². The molecule has 0 radical (unpaired) electrons. The van der Waals surface area contributed by atoms with Crippen molar-refractivity contribution in [1.82, 2.24) is 10.6 Å². The lowest BCUT2D eigenvalue weighted by Gasteiger charge is -2.33. The number of carboxylic acid groups (broad SMARTS) is 1. The molecule has 0 aromatic rings. The van der Waals surface area contributed by atoms with Crippen LogP contribution in [0.1, 0.15) is 51.9 Å². The van der Waals surface area contributed by atoms with Crippen molar-refractivity contribution < 1.29 is 14.7 Å². The van der Waals surface area contributed by atoms with E-state index in [9.17, 15) is 14.7 Å². The largest absolute Gasteiger partial charge is 0.480 e. The third-order valence-corrected chi connectivity index (χ3v) is 4.44. The second-order valence-corrected chi connectivity index (χ2v) is 5.67. The van der Waals surface area contributed by atoms with E-state index in [1.807, 2.05) is 6.92 Å². The predicted octanol–water partition coefficient (Wildman–Crippen LogP) is 1.87. The number of aliphatic carboxylic acids is 1. The average Bonchev–Trinajstić information content (AvgIpc) is 2.63. The number of carboxylic acids is 1. The van der Waals surface area contributed by atoms with Crippen molar-refractivity contribution in [3.8, 4) is 0 Å². The van der Waals surface area contributed by atoms with Crippen molar-refractivity contribution >= 4 is 12.0 Å². The molecule has 2 fully saturated rings. The molecule has 2 amide bonds. The summed E-state index contributed by atoms with van der Waals surface area (Å²) in [5.41, 5.74) is -1.04. The van der Waals surface area contributed by atoms with Crippen LogP contribution in [0, 0.1) is 5.92 Å². The van der Waals surface area contributed by atoms with Gasteiger partial charge in [0, 0.05) is 6.04 Å². The molecule has 2 saturated carbocycles. The van der Waals surface area contributed by atoms with Crippen LogP contribution in [0.2, 0.25) is 0 Å². The van der Waals surface area contributed by atoms with E-state index in [1.165, 1.54) is 6.42 Å². The number of hydrogen-bond acceptors (Lipinski definition) is 2. The van der Waals surface area contributed by atoms with Crippen molar-refractivity contribution in [3.63, 3.8) is 0 Å². The molecule has 5 nitrogen and oxygen atoms in total. The Hall–Kier alpha value is -1.26. The molecule has 0 aromatic carbocycles. The molecule has 1 unspecified atom stereocenters. The van der Waals surface area contributed by atoms with Crippen molar-refractivity contribution in [2.45, 2.75) is 63.5 Å². The van der Waals surface area contributed by atoms with E-state index in [0.29, 0.717) is 18.8 Å². The van der Waals surface area contributed by atoms with Gasteiger partial charge in [0.15, 0.2) is 0 Å². The number of rotatable bonds is 4. The zero-order valence-corrected chi connectivity index (χ0v) is 10.9. The summed E-state index contributed by atoms with van der Waals surface area (Å²) in [7, 11) is 0. The number of nitrogens with one attached hydrogen (secondary N) is 2. The minimum atomic E-state index is -1.04. The maximum Gasteiger partial charge on any atom is 0.329 e. The summed E-state index contributed by atoms with van der Waals surface area (Å²) in [6.07, 6.45) is 6.35. The van der Waals surface area contributed by atoms with Gasteiger partial charge in [-0.3, -0.25) is 0 Å². The second kappa shape index (κ2) is 5.16. The minimum Gasteiger partial charge on any atom is -0.480 e. The van der Waals surface area contributed by atoms with Gasteiger partial charge >= 0.3 is 12.0 Å². The molecule has 2 aliphatic carbocycles. The molecule has 2 aliphatic rings. The van der Waals surface area contributed by atoms with Gasteiger partial charge in [-0.2, -0.15) is 0 Å². The fourth-order valence-corrected chi connectivity index (χ4v) is 2.89. The lowest BCUT2D eigenvalue weighted by molar-refractivity contribution is -0.144. The molecule has 102 valence electrons. The van der Waals surface area contributed by atoms with Crippen LogP contribution >= 0.6 is 0 Å². The van der Waals surface area contributed by atoms with E-state index in [4.69, 9.17) is 0 Å². The maximum absolute atomic E-state index is 11.9. The molecule has 0 saturated heterocycles. The first-order valence-electron chi connectivity index (χ1n) is 6.85. The van der Waals surface area contributed by atoms with Crippen LogP contribution < -0.4 is 10.6 Å². The van der Waals surface area contributed by atoms with Crippen LogP contribution in [0.15, 0.2) is 0 Å². The molecule has 3 N–H and O–H groups in total. The number of amides is 2. The molecule has 0 heterocycles. The topological polar surface area (TPSA) is 78.4 Å². The lowest BCUT2D eigenvalue weighted by Crippen LogP contribution is -2.57. The van der Waals surface area contributed by atoms with Crippen LogP contribution in [0.25, 0.3) is 0 Å². The third kappa shape index (κ3) is 2.60. The predicted molar refractivity (Wildman–Crippen MR) is 67.3 cm³/mol. The highest BCUT2D eigenvalue weighted by Gasteiger charge is 2.43. The Morgan fingerprint density at radius 1 is 1.22 bits per heavy atom. The van der Waals surface area contributed by atoms with Crippen LogP contribution in [-0.2, 0) is 4.79 Å². The summed E-state index contributed by atoms with van der Waals surface area (Å²) in [4.78, 5) is 23.2. The molecule has 1 atom stereocenters. The quantitative estimate of drug-likeness (QED) is 0.716. The summed E-state index contributed by atoms with van der Waals surface area (Å²) in [6.45, 7) is 1.99. The zero-order chi connectivity index (χ0) is 13.2. The molecule has 2 rings (SSSR count). The lowest BCUT2D eigenvalue weighted by atomic mass is 9.80. The van der Waals surface area contributed by atoms with Gasteiger partial charge in [0.1, 0.15) is 5.54 Å². The van der Waals surface area contributed by atoms with E-state index >= 15 is 0 Å². The Bertz CT molecular complexity index is 333. The maximum atomic E-state index is 11.9. The van der Waals surface area contributed by atoms with Gasteiger partial charge in [-0.1, -0.05) is 19.3 Å². The Morgan fingerprint density at radius 2 is 1.83 bits per heavy atom. The molecule has 0 bridgehead atoms. The van der Waals surface area contributed by atoms with Crippen LogP contribution in [0.3, 0.4) is 0 Å². The zero-order valence-electron chi connectivity index (χ0n) is 10.9. The highest BCUT2D eigenvalue weighted by Crippen LogP contribution is 2.31. The first-order chi connectivity index (χ1) is 8.53. The summed E-state index contributed by atoms with van der Waals surface area (Å²) in [5, 5.41) is 14.8. The normalized spacial score (nSPS) is 24.1. The first kappa shape index (κ1) is 13.2. The monoisotopic (exact) mass is 254 g/mol. The van der Waals surface area contributed by atoms with Crippen LogP contribution in [0.5, 0.6) is 0 Å². The smallest absolute Gasteiger partial charge is 0.329 e. The summed E-state index contributed by atoms with van der Waals surface area (Å²) in [5.74, 6) is -0.355. The van der Waals surface area contributed by atoms with Crippen molar-refractivity contribution in [3.05, 3.63) is 0 Å². The standard InChI is InChI=1S/C13H22N2O3/c1-9(10-5-4-6-10)14-12(18)15-13(11(16)17)7-2-3-8-13/h9-10H,2-8H2,1H3,(H,16,17)(H2,14,15,18). The molecule has 0 aliphatic heterocycles. The fraction of sp³-hybridized carbons (Fsp3) is 0.846. The van der Waals surface area contributed by atoms with Gasteiger partial charge in [0.25, 0.3) is 0 Å². The van der Waals surface area contributed by atoms with Crippen LogP contribution in [0.4, 0.5) is 4.79 Å². The first-order valence-corrected chi connectivity index (χ1v) is 6.85. The molecule has 5 heteroatoms. The second-order valence-electron chi connectivity index (χ2n) is 5.67. The Kier molecular flexibility index (Phi) is 3.78. The Labute approximate surface area is 107 Å². The van der Waals surface area contributed by atoms with Crippen molar-refractivity contribution in [1.29, 1.82) is 0 Å². The van der Waals surface area contributed by atoms with Gasteiger partial charge in [-0.15, -0.1) is 0 Å². The summed E-state index contributed by atoms with van der Waals surface area (Å²) < 4.78 is 0. The van der Waals surface area contributed by atoms with E-state index in [2.05, 4.69) is 10.6 Å². The molecular weight excluding hydrogens is 232 g/mol. The SMILES string of the molecule is CC(NC(=O)NC1(C(=O)O)CCCC1)C1CCC1. The highest BCUT2D eigenvalue weighted by atomic mass is 16.4. The van der Waals surface area contributed by atoms with E-state index < -0.39 is 11.5 Å². The minimum absolute atomic E-state index is 0.131. The van der Waals surface area contributed by atoms with Crippen molar-refractivity contribution in [2.24, 2.45) is 5.92 Å². The number of carbonyl (C=O) groups excluding carboxylic acids is 1. The number of urea groups is 1. The highest BCUT2D eigenvalue weighted by molar-refractivity contribution is 5.86. The molecule has 0 spiro atoms. The third-order valence-electron chi connectivity index (χ3n) is 4.44. The van der Waals surface area contributed by atoms with Crippen molar-refractivity contribution in [2.75, 3.05) is 0 Å². The van der Waals surface area contributed by atoms with Gasteiger partial charge in [0.2, 0.25) is 0 Å². The van der Waals surface area contributed by atoms with Gasteiger partial charge < -0.3 is 15.7 Å². The summed E-state index contributed by atoms with van der Waals surface area (Å²) in [6, 6.07) is -0.204. The average molecular weight is 254 g/mol. The number of carbonyl (C=O) groups is 2. The van der Waals surface area contributed by atoms with Crippen LogP contribution in [-0.4, -0.2) is 28.7 Å². The van der Waals surface area contributed by atoms with E-state index in [-0.39, 0.29) is 12.1 Å². The number of hydrogen-bond donors (Lipinski definition) is 3. The molecule has 0 aromatic heterocycles. The van der Waals surface area contributed by atoms with E-state index in [0.717, 1.165) is 25.7 Å². The van der Waals surface area contributed by atoms with Gasteiger partial charge in [-0.25, -0.2) is 9.59 Å². The Morgan fingerprint density at radius 3 is 2.28 bits per heavy atom. The Balaban J connectivity index is 1.87. The fourth-order valence-electron chi connectivity index (χ4n) is 2.89. The van der Waals surface area contributed by atoms with Gasteiger partial charge in [-0.05, 0) is 38.5 Å². The molecular formula is C13H22N2O3. The molecule has 18 heavy (non-hydrogen) atoms. The summed E-state index contributed by atoms with van der Waals surface area (Å²) >= 11 is 0. The van der Waals surface area contributed by atoms with Gasteiger partial charge in [0.05, 0.1) is 0 Å².